The second-order valence-electron chi connectivity index (χ2n) is 5.38. The highest BCUT2D eigenvalue weighted by Gasteiger charge is 2.27. The highest BCUT2D eigenvalue weighted by Crippen LogP contribution is 2.23. The normalized spacial score (nSPS) is 23.9. The van der Waals surface area contributed by atoms with Crippen LogP contribution in [0.15, 0.2) is 29.4 Å². The third-order valence-corrected chi connectivity index (χ3v) is 3.76. The number of nitrogens with one attached hydrogen (secondary N) is 1. The lowest BCUT2D eigenvalue weighted by Gasteiger charge is -2.20. The molecule has 112 valence electrons. The lowest BCUT2D eigenvalue weighted by Crippen LogP contribution is -2.28. The van der Waals surface area contributed by atoms with Crippen LogP contribution in [0.4, 0.5) is 0 Å². The van der Waals surface area contributed by atoms with E-state index in [1.807, 2.05) is 0 Å². The number of hydrogen-bond donors (Lipinski definition) is 2. The summed E-state index contributed by atoms with van der Waals surface area (Å²) >= 11 is 0. The van der Waals surface area contributed by atoms with Gasteiger partial charge in [-0.15, -0.1) is 0 Å². The van der Waals surface area contributed by atoms with E-state index in [-0.39, 0.29) is 5.57 Å². The van der Waals surface area contributed by atoms with Crippen molar-refractivity contribution in [1.82, 2.24) is 10.4 Å². The van der Waals surface area contributed by atoms with E-state index in [4.69, 9.17) is 5.21 Å². The Kier molecular flexibility index (Phi) is 6.45. The van der Waals surface area contributed by atoms with E-state index in [0.717, 1.165) is 31.8 Å². The number of aliphatic imine (C=N–C) groups is 1. The van der Waals surface area contributed by atoms with Gasteiger partial charge in [-0.3, -0.25) is 10.0 Å². The van der Waals surface area contributed by atoms with Crippen molar-refractivity contribution >= 4 is 11.7 Å². The Morgan fingerprint density at radius 1 is 1.45 bits per heavy atom. The largest absolute Gasteiger partial charge is 0.360 e. The molecule has 0 bridgehead atoms. The Morgan fingerprint density at radius 2 is 2.05 bits per heavy atom. The molecule has 0 aromatic heterocycles. The van der Waals surface area contributed by atoms with Crippen molar-refractivity contribution in [3.05, 3.63) is 24.4 Å². The van der Waals surface area contributed by atoms with Crippen molar-refractivity contribution < 1.29 is 10.0 Å². The number of rotatable bonds is 5. The Hall–Kier alpha value is -1.62. The molecule has 1 saturated heterocycles. The molecular weight excluding hydrogens is 254 g/mol. The first-order valence-corrected chi connectivity index (χ1v) is 7.12. The molecule has 20 heavy (non-hydrogen) atoms. The molecule has 1 rings (SSSR count). The summed E-state index contributed by atoms with van der Waals surface area (Å²) in [6, 6.07) is 0. The predicted molar refractivity (Wildman–Crippen MR) is 80.5 cm³/mol. The molecule has 1 amide bonds. The van der Waals surface area contributed by atoms with Gasteiger partial charge in [0, 0.05) is 25.7 Å². The second-order valence-corrected chi connectivity index (χ2v) is 5.38. The first-order chi connectivity index (χ1) is 9.53. The maximum atomic E-state index is 11.4. The topological polar surface area (TPSA) is 64.9 Å². The van der Waals surface area contributed by atoms with Gasteiger partial charge in [-0.25, -0.2) is 10.5 Å². The van der Waals surface area contributed by atoms with Crippen molar-refractivity contribution in [2.75, 3.05) is 13.1 Å². The highest BCUT2D eigenvalue weighted by atomic mass is 16.5. The summed E-state index contributed by atoms with van der Waals surface area (Å²) in [5.74, 6) is 1.71. The summed E-state index contributed by atoms with van der Waals surface area (Å²) in [4.78, 5) is 18.1. The van der Waals surface area contributed by atoms with Crippen LogP contribution in [0.5, 0.6) is 0 Å². The number of likely N-dealkylation sites (tertiary alicyclic amines) is 1. The van der Waals surface area contributed by atoms with Crippen LogP contribution in [-0.2, 0) is 4.79 Å². The molecule has 2 N–H and O–H groups in total. The molecule has 0 aromatic rings. The van der Waals surface area contributed by atoms with Crippen molar-refractivity contribution in [1.29, 1.82) is 0 Å². The van der Waals surface area contributed by atoms with E-state index in [9.17, 15) is 4.79 Å². The molecule has 1 heterocycles. The van der Waals surface area contributed by atoms with Crippen molar-refractivity contribution in [3.8, 4) is 0 Å². The molecule has 0 radical (unpaired) electrons. The quantitative estimate of drug-likeness (QED) is 0.203. The minimum atomic E-state index is -0.595. The standard InChI is InChI=1S/C15H25N3O2/c1-5-7-14(18-9-11(3)12(4)10-18)16-8-13(6-2)15(19)17-20/h6,8,11-12,20H,2,5,7,9-10H2,1,3-4H3,(H,17,19)/b13-8+,16-14?/t11-,12?/m1/s1. The predicted octanol–water partition coefficient (Wildman–Crippen LogP) is 2.35. The van der Waals surface area contributed by atoms with Gasteiger partial charge in [0.15, 0.2) is 0 Å². The van der Waals surface area contributed by atoms with Gasteiger partial charge in [-0.05, 0) is 18.3 Å². The summed E-state index contributed by atoms with van der Waals surface area (Å²) in [5, 5.41) is 8.64. The molecule has 0 aliphatic carbocycles. The van der Waals surface area contributed by atoms with Crippen molar-refractivity contribution in [3.63, 3.8) is 0 Å². The molecule has 5 heteroatoms. The number of nitrogens with zero attached hydrogens (tertiary/aromatic N) is 2. The van der Waals surface area contributed by atoms with Gasteiger partial charge < -0.3 is 4.90 Å². The summed E-state index contributed by atoms with van der Waals surface area (Å²) in [7, 11) is 0. The SMILES string of the molecule is C=C/C(=C\N=C(CCC)N1CC(C)[C@H](C)C1)C(=O)NO. The molecule has 1 unspecified atom stereocenters. The minimum absolute atomic E-state index is 0.251. The second kappa shape index (κ2) is 7.85. The monoisotopic (exact) mass is 279 g/mol. The summed E-state index contributed by atoms with van der Waals surface area (Å²) in [5.41, 5.74) is 1.85. The molecule has 1 aliphatic heterocycles. The fourth-order valence-electron chi connectivity index (χ4n) is 2.28. The van der Waals surface area contributed by atoms with Crippen LogP contribution in [-0.4, -0.2) is 34.9 Å². The van der Waals surface area contributed by atoms with Crippen molar-refractivity contribution in [2.24, 2.45) is 16.8 Å². The zero-order valence-corrected chi connectivity index (χ0v) is 12.6. The van der Waals surface area contributed by atoms with E-state index in [2.05, 4.69) is 37.2 Å². The third kappa shape index (κ3) is 4.20. The fourth-order valence-corrected chi connectivity index (χ4v) is 2.28. The van der Waals surface area contributed by atoms with Gasteiger partial charge in [-0.2, -0.15) is 0 Å². The number of hydrogen-bond acceptors (Lipinski definition) is 3. The van der Waals surface area contributed by atoms with E-state index < -0.39 is 5.91 Å². The van der Waals surface area contributed by atoms with Gasteiger partial charge in [0.05, 0.1) is 5.57 Å². The van der Waals surface area contributed by atoms with Crippen LogP contribution in [0.25, 0.3) is 0 Å². The molecule has 1 fully saturated rings. The lowest BCUT2D eigenvalue weighted by molar-refractivity contribution is -0.124. The maximum absolute atomic E-state index is 11.4. The molecule has 1 aliphatic rings. The Balaban J connectivity index is 2.90. The minimum Gasteiger partial charge on any atom is -0.360 e. The average molecular weight is 279 g/mol. The molecule has 2 atom stereocenters. The van der Waals surface area contributed by atoms with Gasteiger partial charge in [0.25, 0.3) is 5.91 Å². The Labute approximate surface area is 121 Å². The van der Waals surface area contributed by atoms with Gasteiger partial charge >= 0.3 is 0 Å². The Morgan fingerprint density at radius 3 is 2.50 bits per heavy atom. The average Bonchev–Trinajstić information content (AvgIpc) is 2.77. The number of carbonyl (C=O) groups is 1. The zero-order chi connectivity index (χ0) is 15.1. The highest BCUT2D eigenvalue weighted by molar-refractivity contribution is 5.95. The summed E-state index contributed by atoms with van der Waals surface area (Å²) in [6.07, 6.45) is 4.73. The number of amides is 1. The molecule has 0 saturated carbocycles. The van der Waals surface area contributed by atoms with Gasteiger partial charge in [0.1, 0.15) is 5.84 Å². The maximum Gasteiger partial charge on any atom is 0.276 e. The summed E-state index contributed by atoms with van der Waals surface area (Å²) < 4.78 is 0. The van der Waals surface area contributed by atoms with Crippen molar-refractivity contribution in [2.45, 2.75) is 33.6 Å². The number of carbonyl (C=O) groups excluding carboxylic acids is 1. The number of hydroxylamine groups is 1. The van der Waals surface area contributed by atoms with Crippen LogP contribution >= 0.6 is 0 Å². The van der Waals surface area contributed by atoms with E-state index in [1.54, 1.807) is 5.48 Å². The van der Waals surface area contributed by atoms with Crippen LogP contribution in [0.1, 0.15) is 33.6 Å². The first kappa shape index (κ1) is 16.4. The van der Waals surface area contributed by atoms with Crippen LogP contribution in [0.3, 0.4) is 0 Å². The third-order valence-electron chi connectivity index (χ3n) is 3.76. The molecular formula is C15H25N3O2. The van der Waals surface area contributed by atoms with Crippen LogP contribution < -0.4 is 5.48 Å². The molecule has 0 aromatic carbocycles. The smallest absolute Gasteiger partial charge is 0.276 e. The van der Waals surface area contributed by atoms with E-state index in [1.165, 1.54) is 12.3 Å². The van der Waals surface area contributed by atoms with Gasteiger partial charge in [-0.1, -0.05) is 33.4 Å². The van der Waals surface area contributed by atoms with Crippen LogP contribution in [0, 0.1) is 11.8 Å². The Bertz CT molecular complexity index is 405. The van der Waals surface area contributed by atoms with E-state index >= 15 is 0 Å². The van der Waals surface area contributed by atoms with Crippen LogP contribution in [0.2, 0.25) is 0 Å². The first-order valence-electron chi connectivity index (χ1n) is 7.12. The molecule has 5 nitrogen and oxygen atoms in total. The van der Waals surface area contributed by atoms with E-state index in [0.29, 0.717) is 11.8 Å². The van der Waals surface area contributed by atoms with Gasteiger partial charge in [0.2, 0.25) is 0 Å². The zero-order valence-electron chi connectivity index (χ0n) is 12.6. The molecule has 0 spiro atoms. The summed E-state index contributed by atoms with van der Waals surface area (Å²) in [6.45, 7) is 12.2. The fraction of sp³-hybridized carbons (Fsp3) is 0.600. The number of amidine groups is 1. The lowest BCUT2D eigenvalue weighted by atomic mass is 10.0.